The number of nitriles is 1. The summed E-state index contributed by atoms with van der Waals surface area (Å²) in [6.45, 7) is -0.172. The van der Waals surface area contributed by atoms with E-state index >= 15 is 0 Å². The summed E-state index contributed by atoms with van der Waals surface area (Å²) in [4.78, 5) is 4.32. The number of rotatable bonds is 4. The fraction of sp³-hybridized carbons (Fsp3) is 0.111. The molecular formula is C18H12ClF2N3O. The van der Waals surface area contributed by atoms with Gasteiger partial charge >= 0.3 is 0 Å². The van der Waals surface area contributed by atoms with E-state index in [0.29, 0.717) is 27.3 Å². The van der Waals surface area contributed by atoms with E-state index < -0.39 is 23.3 Å². The van der Waals surface area contributed by atoms with Crippen LogP contribution < -0.4 is 5.32 Å². The van der Waals surface area contributed by atoms with Crippen molar-refractivity contribution in [2.75, 3.05) is 11.9 Å². The van der Waals surface area contributed by atoms with E-state index in [1.165, 1.54) is 12.1 Å². The lowest BCUT2D eigenvalue weighted by Gasteiger charge is -2.15. The van der Waals surface area contributed by atoms with E-state index in [0.717, 1.165) is 12.1 Å². The lowest BCUT2D eigenvalue weighted by atomic mass is 10.1. The largest absolute Gasteiger partial charge is 0.386 e. The minimum absolute atomic E-state index is 0.172. The third kappa shape index (κ3) is 3.53. The molecule has 0 radical (unpaired) electrons. The van der Waals surface area contributed by atoms with Crippen molar-refractivity contribution in [3.8, 4) is 6.07 Å². The average molecular weight is 360 g/mol. The Bertz CT molecular complexity index is 968. The Kier molecular flexibility index (Phi) is 4.79. The molecule has 0 aliphatic carbocycles. The van der Waals surface area contributed by atoms with Gasteiger partial charge in [0, 0.05) is 17.0 Å². The molecule has 0 aliphatic rings. The van der Waals surface area contributed by atoms with Crippen LogP contribution in [0.25, 0.3) is 10.9 Å². The summed E-state index contributed by atoms with van der Waals surface area (Å²) >= 11 is 5.93. The summed E-state index contributed by atoms with van der Waals surface area (Å²) < 4.78 is 27.4. The minimum Gasteiger partial charge on any atom is -0.386 e. The van der Waals surface area contributed by atoms with Gasteiger partial charge in [0.25, 0.3) is 0 Å². The summed E-state index contributed by atoms with van der Waals surface area (Å²) in [6.07, 6.45) is -1.41. The zero-order valence-corrected chi connectivity index (χ0v) is 13.6. The van der Waals surface area contributed by atoms with Crippen molar-refractivity contribution in [3.63, 3.8) is 0 Å². The van der Waals surface area contributed by atoms with E-state index in [9.17, 15) is 19.1 Å². The van der Waals surface area contributed by atoms with Gasteiger partial charge in [-0.15, -0.1) is 0 Å². The van der Waals surface area contributed by atoms with Crippen molar-refractivity contribution in [1.29, 1.82) is 5.26 Å². The van der Waals surface area contributed by atoms with Crippen LogP contribution in [-0.4, -0.2) is 16.6 Å². The smallest absolute Gasteiger partial charge is 0.132 e. The number of anilines is 1. The summed E-state index contributed by atoms with van der Waals surface area (Å²) in [5.74, 6) is -1.34. The topological polar surface area (TPSA) is 68.9 Å². The highest BCUT2D eigenvalue weighted by Gasteiger charge is 2.18. The highest BCUT2D eigenvalue weighted by atomic mass is 35.5. The summed E-state index contributed by atoms with van der Waals surface area (Å²) in [5.41, 5.74) is 0.474. The van der Waals surface area contributed by atoms with Crippen molar-refractivity contribution in [2.45, 2.75) is 6.10 Å². The molecule has 0 saturated heterocycles. The predicted molar refractivity (Wildman–Crippen MR) is 91.3 cm³/mol. The van der Waals surface area contributed by atoms with Gasteiger partial charge in [0.15, 0.2) is 0 Å². The van der Waals surface area contributed by atoms with Gasteiger partial charge in [-0.2, -0.15) is 5.26 Å². The molecule has 2 N–H and O–H groups in total. The molecule has 2 aromatic carbocycles. The summed E-state index contributed by atoms with van der Waals surface area (Å²) in [7, 11) is 0. The maximum absolute atomic E-state index is 13.7. The molecule has 3 rings (SSSR count). The zero-order chi connectivity index (χ0) is 18.0. The fourth-order valence-corrected chi connectivity index (χ4v) is 2.69. The fourth-order valence-electron chi connectivity index (χ4n) is 2.51. The van der Waals surface area contributed by atoms with Crippen LogP contribution in [0.3, 0.4) is 0 Å². The molecular weight excluding hydrogens is 348 g/mol. The molecule has 3 aromatic rings. The molecule has 0 bridgehead atoms. The molecule has 126 valence electrons. The highest BCUT2D eigenvalue weighted by molar-refractivity contribution is 6.31. The third-order valence-electron chi connectivity index (χ3n) is 3.70. The van der Waals surface area contributed by atoms with E-state index in [2.05, 4.69) is 16.4 Å². The molecule has 1 aromatic heterocycles. The van der Waals surface area contributed by atoms with E-state index in [4.69, 9.17) is 11.6 Å². The van der Waals surface area contributed by atoms with Crippen LogP contribution in [0.1, 0.15) is 17.2 Å². The van der Waals surface area contributed by atoms with Gasteiger partial charge in [-0.3, -0.25) is 0 Å². The molecule has 0 fully saturated rings. The van der Waals surface area contributed by atoms with Crippen LogP contribution in [0, 0.1) is 23.0 Å². The first-order chi connectivity index (χ1) is 12.0. The quantitative estimate of drug-likeness (QED) is 0.733. The number of halogens is 3. The standard InChI is InChI=1S/C18H12ClF2N3O/c19-11-4-5-15-12(7-11)10(8-22)6-17(24-15)23-9-16(25)18-13(20)2-1-3-14(18)21/h1-7,16,25H,9H2,(H,23,24). The van der Waals surface area contributed by atoms with Crippen LogP contribution in [0.15, 0.2) is 42.5 Å². The molecule has 0 saturated carbocycles. The lowest BCUT2D eigenvalue weighted by Crippen LogP contribution is -2.15. The minimum atomic E-state index is -1.41. The van der Waals surface area contributed by atoms with E-state index in [-0.39, 0.29) is 6.54 Å². The number of nitrogens with zero attached hydrogens (tertiary/aromatic N) is 2. The van der Waals surface area contributed by atoms with Gasteiger partial charge in [0.2, 0.25) is 0 Å². The number of hydrogen-bond acceptors (Lipinski definition) is 4. The third-order valence-corrected chi connectivity index (χ3v) is 3.94. The number of aliphatic hydroxyl groups is 1. The monoisotopic (exact) mass is 359 g/mol. The maximum Gasteiger partial charge on any atom is 0.132 e. The van der Waals surface area contributed by atoms with Gasteiger partial charge in [-0.25, -0.2) is 13.8 Å². The normalized spacial score (nSPS) is 12.0. The first-order valence-electron chi connectivity index (χ1n) is 7.36. The summed E-state index contributed by atoms with van der Waals surface area (Å²) in [5, 5.41) is 23.2. The SMILES string of the molecule is N#Cc1cc(NCC(O)c2c(F)cccc2F)nc2ccc(Cl)cc12. The number of aliphatic hydroxyl groups excluding tert-OH is 1. The Hall–Kier alpha value is -2.75. The maximum atomic E-state index is 13.7. The second-order valence-corrected chi connectivity index (χ2v) is 5.80. The molecule has 0 spiro atoms. The second-order valence-electron chi connectivity index (χ2n) is 5.36. The van der Waals surface area contributed by atoms with Crippen LogP contribution in [0.5, 0.6) is 0 Å². The average Bonchev–Trinajstić information content (AvgIpc) is 2.59. The van der Waals surface area contributed by atoms with Gasteiger partial charge in [-0.05, 0) is 36.4 Å². The van der Waals surface area contributed by atoms with Crippen LogP contribution >= 0.6 is 11.6 Å². The first kappa shape index (κ1) is 17.1. The molecule has 7 heteroatoms. The number of pyridine rings is 1. The predicted octanol–water partition coefficient (Wildman–Crippen LogP) is 4.18. The van der Waals surface area contributed by atoms with Crippen LogP contribution in [-0.2, 0) is 0 Å². The van der Waals surface area contributed by atoms with Gasteiger partial charge < -0.3 is 10.4 Å². The second kappa shape index (κ2) is 7.01. The van der Waals surface area contributed by atoms with Crippen molar-refractivity contribution in [1.82, 2.24) is 4.98 Å². The molecule has 0 aliphatic heterocycles. The molecule has 1 unspecified atom stereocenters. The van der Waals surface area contributed by atoms with E-state index in [1.807, 2.05) is 0 Å². The Labute approximate surface area is 147 Å². The highest BCUT2D eigenvalue weighted by Crippen LogP contribution is 2.25. The van der Waals surface area contributed by atoms with E-state index in [1.54, 1.807) is 18.2 Å². The molecule has 0 amide bonds. The molecule has 1 atom stereocenters. The number of nitrogens with one attached hydrogen (secondary N) is 1. The Morgan fingerprint density at radius 3 is 2.60 bits per heavy atom. The Morgan fingerprint density at radius 1 is 1.20 bits per heavy atom. The molecule has 4 nitrogen and oxygen atoms in total. The number of aromatic nitrogens is 1. The van der Waals surface area contributed by atoms with Crippen molar-refractivity contribution in [3.05, 3.63) is 70.2 Å². The van der Waals surface area contributed by atoms with Crippen LogP contribution in [0.2, 0.25) is 5.02 Å². The zero-order valence-electron chi connectivity index (χ0n) is 12.8. The first-order valence-corrected chi connectivity index (χ1v) is 7.73. The van der Waals surface area contributed by atoms with Gasteiger partial charge in [-0.1, -0.05) is 17.7 Å². The van der Waals surface area contributed by atoms with Crippen molar-refractivity contribution >= 4 is 28.3 Å². The molecule has 1 heterocycles. The number of hydrogen-bond donors (Lipinski definition) is 2. The molecule has 25 heavy (non-hydrogen) atoms. The van der Waals surface area contributed by atoms with Crippen molar-refractivity contribution in [2.24, 2.45) is 0 Å². The Morgan fingerprint density at radius 2 is 1.92 bits per heavy atom. The van der Waals surface area contributed by atoms with Crippen LogP contribution in [0.4, 0.5) is 14.6 Å². The van der Waals surface area contributed by atoms with Gasteiger partial charge in [0.05, 0.1) is 22.7 Å². The number of benzene rings is 2. The van der Waals surface area contributed by atoms with Crippen molar-refractivity contribution < 1.29 is 13.9 Å². The Balaban J connectivity index is 1.86. The lowest BCUT2D eigenvalue weighted by molar-refractivity contribution is 0.181. The number of fused-ring (bicyclic) bond motifs is 1. The van der Waals surface area contributed by atoms with Gasteiger partial charge in [0.1, 0.15) is 23.6 Å². The summed E-state index contributed by atoms with van der Waals surface area (Å²) in [6, 6.07) is 11.9.